The molecule has 1 N–H and O–H groups in total. The molecule has 0 atom stereocenters. The van der Waals surface area contributed by atoms with Crippen molar-refractivity contribution in [2.75, 3.05) is 16.9 Å². The number of hydrazone groups is 1. The van der Waals surface area contributed by atoms with Crippen molar-refractivity contribution >= 4 is 34.5 Å². The number of hydrogen-bond donors (Lipinski definition) is 1. The molecule has 6 nitrogen and oxygen atoms in total. The fourth-order valence-electron chi connectivity index (χ4n) is 3.51. The second-order valence-electron chi connectivity index (χ2n) is 8.36. The molecule has 0 bridgehead atoms. The summed E-state index contributed by atoms with van der Waals surface area (Å²) in [6.07, 6.45) is 3.25. The van der Waals surface area contributed by atoms with Crippen molar-refractivity contribution in [3.05, 3.63) is 65.0 Å². The third-order valence-corrected chi connectivity index (χ3v) is 5.55. The van der Waals surface area contributed by atoms with Crippen molar-refractivity contribution in [3.63, 3.8) is 0 Å². The van der Waals surface area contributed by atoms with Gasteiger partial charge in [-0.1, -0.05) is 48.5 Å². The normalized spacial score (nSPS) is 13.8. The van der Waals surface area contributed by atoms with Gasteiger partial charge in [0.1, 0.15) is 5.60 Å². The first-order chi connectivity index (χ1) is 14.9. The first kappa shape index (κ1) is 21.1. The number of nitrogens with one attached hydrogen (secondary N) is 1. The molecule has 1 amide bonds. The number of carbonyl (C=O) groups excluding carboxylic acids is 1. The summed E-state index contributed by atoms with van der Waals surface area (Å²) in [5.41, 5.74) is 7.33. The molecule has 0 saturated carbocycles. The number of ether oxygens (including phenoxy) is 1. The molecule has 7 heteroatoms. The van der Waals surface area contributed by atoms with Crippen molar-refractivity contribution in [1.82, 2.24) is 4.98 Å². The minimum Gasteiger partial charge on any atom is -0.443 e. The number of carbonyl (C=O) groups is 1. The van der Waals surface area contributed by atoms with Gasteiger partial charge in [0.05, 0.1) is 17.6 Å². The third kappa shape index (κ3) is 5.11. The van der Waals surface area contributed by atoms with Crippen molar-refractivity contribution in [2.24, 2.45) is 5.10 Å². The number of rotatable bonds is 4. The molecule has 31 heavy (non-hydrogen) atoms. The van der Waals surface area contributed by atoms with Gasteiger partial charge in [-0.15, -0.1) is 11.3 Å². The summed E-state index contributed by atoms with van der Waals surface area (Å²) in [5.74, 6) is 0. The zero-order valence-electron chi connectivity index (χ0n) is 18.0. The maximum atomic E-state index is 12.8. The van der Waals surface area contributed by atoms with Gasteiger partial charge in [0, 0.05) is 23.1 Å². The molecule has 0 aliphatic carbocycles. The zero-order chi connectivity index (χ0) is 21.8. The molecule has 4 rings (SSSR count). The minimum absolute atomic E-state index is 0.324. The lowest BCUT2D eigenvalue weighted by molar-refractivity contribution is 0.0578. The summed E-state index contributed by atoms with van der Waals surface area (Å²) >= 11 is 1.50. The van der Waals surface area contributed by atoms with Crippen LogP contribution in [0.25, 0.3) is 11.3 Å². The van der Waals surface area contributed by atoms with Crippen LogP contribution in [0.3, 0.4) is 0 Å². The Kier molecular flexibility index (Phi) is 6.04. The second kappa shape index (κ2) is 8.89. The van der Waals surface area contributed by atoms with Gasteiger partial charge in [-0.3, -0.25) is 10.3 Å². The van der Waals surface area contributed by atoms with E-state index < -0.39 is 5.60 Å². The van der Waals surface area contributed by atoms with Crippen LogP contribution in [-0.4, -0.2) is 29.4 Å². The van der Waals surface area contributed by atoms with E-state index >= 15 is 0 Å². The molecule has 1 aromatic heterocycles. The Balaban J connectivity index is 1.53. The highest BCUT2D eigenvalue weighted by Crippen LogP contribution is 2.31. The van der Waals surface area contributed by atoms with E-state index in [0.717, 1.165) is 40.9 Å². The quantitative estimate of drug-likeness (QED) is 0.407. The number of amides is 1. The monoisotopic (exact) mass is 434 g/mol. The Morgan fingerprint density at radius 3 is 2.77 bits per heavy atom. The van der Waals surface area contributed by atoms with Crippen LogP contribution in [0.5, 0.6) is 0 Å². The van der Waals surface area contributed by atoms with Gasteiger partial charge in [0.2, 0.25) is 5.13 Å². The van der Waals surface area contributed by atoms with Crippen molar-refractivity contribution < 1.29 is 9.53 Å². The zero-order valence-corrected chi connectivity index (χ0v) is 18.8. The molecule has 0 radical (unpaired) electrons. The average Bonchev–Trinajstić information content (AvgIpc) is 3.22. The van der Waals surface area contributed by atoms with Gasteiger partial charge >= 0.3 is 6.09 Å². The van der Waals surface area contributed by atoms with E-state index in [2.05, 4.69) is 21.6 Å². The van der Waals surface area contributed by atoms with Crippen molar-refractivity contribution in [2.45, 2.75) is 39.2 Å². The predicted octanol–water partition coefficient (Wildman–Crippen LogP) is 5.94. The number of para-hydroxylation sites is 1. The molecule has 0 spiro atoms. The van der Waals surface area contributed by atoms with Crippen LogP contribution in [0.4, 0.5) is 15.6 Å². The van der Waals surface area contributed by atoms with Gasteiger partial charge in [-0.25, -0.2) is 9.78 Å². The average molecular weight is 435 g/mol. The number of aromatic nitrogens is 1. The molecule has 160 valence electrons. The van der Waals surface area contributed by atoms with Crippen LogP contribution in [0.2, 0.25) is 0 Å². The smallest absolute Gasteiger partial charge is 0.414 e. The molecule has 0 saturated heterocycles. The summed E-state index contributed by atoms with van der Waals surface area (Å²) in [6, 6.07) is 16.1. The van der Waals surface area contributed by atoms with Gasteiger partial charge in [-0.05, 0) is 39.2 Å². The first-order valence-electron chi connectivity index (χ1n) is 10.3. The van der Waals surface area contributed by atoms with E-state index in [1.807, 2.05) is 68.6 Å². The van der Waals surface area contributed by atoms with Gasteiger partial charge < -0.3 is 4.74 Å². The third-order valence-electron chi connectivity index (χ3n) is 4.80. The highest BCUT2D eigenvalue weighted by molar-refractivity contribution is 7.14. The second-order valence-corrected chi connectivity index (χ2v) is 9.22. The molecule has 1 aliphatic rings. The van der Waals surface area contributed by atoms with Crippen molar-refractivity contribution in [3.8, 4) is 11.3 Å². The van der Waals surface area contributed by atoms with Crippen LogP contribution >= 0.6 is 11.3 Å². The highest BCUT2D eigenvalue weighted by atomic mass is 32.1. The highest BCUT2D eigenvalue weighted by Gasteiger charge is 2.28. The van der Waals surface area contributed by atoms with E-state index in [1.165, 1.54) is 11.3 Å². The summed E-state index contributed by atoms with van der Waals surface area (Å²) in [7, 11) is 0. The van der Waals surface area contributed by atoms with E-state index in [4.69, 9.17) is 4.74 Å². The Labute approximate surface area is 186 Å². The summed E-state index contributed by atoms with van der Waals surface area (Å²) < 4.78 is 5.63. The number of thiazole rings is 1. The molecule has 1 aliphatic heterocycles. The number of aryl methyl sites for hydroxylation is 1. The van der Waals surface area contributed by atoms with E-state index in [1.54, 1.807) is 11.1 Å². The Hall–Kier alpha value is -3.19. The van der Waals surface area contributed by atoms with Gasteiger partial charge in [0.25, 0.3) is 0 Å². The van der Waals surface area contributed by atoms with Crippen LogP contribution < -0.4 is 10.3 Å². The summed E-state index contributed by atoms with van der Waals surface area (Å²) in [5, 5.41) is 7.10. The van der Waals surface area contributed by atoms with Gasteiger partial charge in [-0.2, -0.15) is 5.10 Å². The fourth-order valence-corrected chi connectivity index (χ4v) is 4.18. The lowest BCUT2D eigenvalue weighted by atomic mass is 9.98. The van der Waals surface area contributed by atoms with Crippen LogP contribution in [-0.2, 0) is 11.2 Å². The van der Waals surface area contributed by atoms with Gasteiger partial charge in [0.15, 0.2) is 0 Å². The number of anilines is 2. The molecule has 0 unspecified atom stereocenters. The Morgan fingerprint density at radius 2 is 2.00 bits per heavy atom. The minimum atomic E-state index is -0.541. The number of hydrogen-bond acceptors (Lipinski definition) is 6. The van der Waals surface area contributed by atoms with Crippen molar-refractivity contribution in [1.29, 1.82) is 0 Å². The summed E-state index contributed by atoms with van der Waals surface area (Å²) in [6.45, 7) is 6.27. The van der Waals surface area contributed by atoms with E-state index in [0.29, 0.717) is 11.7 Å². The summed E-state index contributed by atoms with van der Waals surface area (Å²) in [4.78, 5) is 19.1. The first-order valence-corrected chi connectivity index (χ1v) is 11.2. The lowest BCUT2D eigenvalue weighted by Gasteiger charge is -2.32. The van der Waals surface area contributed by atoms with Crippen LogP contribution in [0.15, 0.2) is 59.0 Å². The lowest BCUT2D eigenvalue weighted by Crippen LogP contribution is -2.40. The fraction of sp³-hybridized carbons (Fsp3) is 0.292. The molecule has 0 fully saturated rings. The Morgan fingerprint density at radius 1 is 1.19 bits per heavy atom. The largest absolute Gasteiger partial charge is 0.443 e. The van der Waals surface area contributed by atoms with E-state index in [9.17, 15) is 4.79 Å². The van der Waals surface area contributed by atoms with E-state index in [-0.39, 0.29) is 6.09 Å². The molecular weight excluding hydrogens is 408 g/mol. The van der Waals surface area contributed by atoms with Crippen LogP contribution in [0.1, 0.15) is 38.3 Å². The molecule has 3 aromatic rings. The Bertz CT molecular complexity index is 1090. The number of nitrogens with zero attached hydrogens (tertiary/aromatic N) is 3. The maximum Gasteiger partial charge on any atom is 0.414 e. The SMILES string of the molecule is CC(C)(C)OC(=O)N1CCCc2cccc(C=NNc3nc(-c4ccccc4)cs3)c21. The number of fused-ring (bicyclic) bond motifs is 1. The maximum absolute atomic E-state index is 12.8. The van der Waals surface area contributed by atoms with Crippen LogP contribution in [0, 0.1) is 0 Å². The molecular formula is C24H26N4O2S. The standard InChI is InChI=1S/C24H26N4O2S/c1-24(2,3)30-23(29)28-14-8-13-18-11-7-12-19(21(18)28)15-25-27-22-26-20(16-31-22)17-9-5-4-6-10-17/h4-7,9-12,15-16H,8,13-14H2,1-3H3,(H,26,27). The molecule has 2 heterocycles. The topological polar surface area (TPSA) is 66.8 Å². The number of benzene rings is 2. The predicted molar refractivity (Wildman–Crippen MR) is 127 cm³/mol. The molecule has 2 aromatic carbocycles.